The van der Waals surface area contributed by atoms with Gasteiger partial charge in [0, 0.05) is 10.6 Å². The molecule has 1 rings (SSSR count). The van der Waals surface area contributed by atoms with E-state index in [1.807, 2.05) is 0 Å². The number of halogens is 1. The van der Waals surface area contributed by atoms with E-state index in [2.05, 4.69) is 11.2 Å². The monoisotopic (exact) mass is 154 g/mol. The molecule has 0 saturated heterocycles. The fourth-order valence-electron chi connectivity index (χ4n) is 0.560. The Bertz CT molecular complexity index is 230. The summed E-state index contributed by atoms with van der Waals surface area (Å²) in [6.07, 6.45) is 1.29. The van der Waals surface area contributed by atoms with Crippen molar-refractivity contribution in [3.63, 3.8) is 0 Å². The van der Waals surface area contributed by atoms with Gasteiger partial charge in [0.2, 0.25) is 0 Å². The lowest BCUT2D eigenvalue weighted by Crippen LogP contribution is -1.78. The molecule has 0 aromatic heterocycles. The molecule has 0 unspecified atom stereocenters. The first-order valence-corrected chi connectivity index (χ1v) is 3.05. The van der Waals surface area contributed by atoms with Crippen LogP contribution in [-0.2, 0) is 0 Å². The van der Waals surface area contributed by atoms with Crippen LogP contribution in [0.25, 0.3) is 0 Å². The van der Waals surface area contributed by atoms with E-state index in [0.29, 0.717) is 10.6 Å². The van der Waals surface area contributed by atoms with Crippen molar-refractivity contribution >= 4 is 17.8 Å². The van der Waals surface area contributed by atoms with Gasteiger partial charge in [0.05, 0.1) is 6.21 Å². The van der Waals surface area contributed by atoms with E-state index in [1.54, 1.807) is 18.2 Å². The lowest BCUT2D eigenvalue weighted by Gasteiger charge is -1.88. The predicted molar refractivity (Wildman–Crippen MR) is 39.7 cm³/mol. The van der Waals surface area contributed by atoms with Crippen molar-refractivity contribution < 1.29 is 5.21 Å². The maximum Gasteiger partial charge on any atom is 0.0740 e. The molecule has 0 aliphatic carbocycles. The summed E-state index contributed by atoms with van der Waals surface area (Å²) >= 11 is 5.57. The molecule has 0 fully saturated rings. The van der Waals surface area contributed by atoms with E-state index < -0.39 is 0 Å². The molecule has 2 nitrogen and oxygen atoms in total. The van der Waals surface area contributed by atoms with Crippen LogP contribution < -0.4 is 0 Å². The van der Waals surface area contributed by atoms with E-state index >= 15 is 0 Å². The van der Waals surface area contributed by atoms with Crippen LogP contribution in [0.1, 0.15) is 5.56 Å². The van der Waals surface area contributed by atoms with Gasteiger partial charge in [-0.05, 0) is 18.2 Å². The van der Waals surface area contributed by atoms with Crippen molar-refractivity contribution in [1.29, 1.82) is 0 Å². The molecule has 0 aliphatic heterocycles. The molecular weight excluding hydrogens is 150 g/mol. The van der Waals surface area contributed by atoms with Gasteiger partial charge in [-0.2, -0.15) is 0 Å². The Morgan fingerprint density at radius 2 is 2.40 bits per heavy atom. The summed E-state index contributed by atoms with van der Waals surface area (Å²) in [5, 5.41) is 11.6. The van der Waals surface area contributed by atoms with E-state index in [4.69, 9.17) is 16.8 Å². The Labute approximate surface area is 63.7 Å². The van der Waals surface area contributed by atoms with Crippen LogP contribution in [0.3, 0.4) is 0 Å². The molecule has 0 heterocycles. The van der Waals surface area contributed by atoms with Gasteiger partial charge >= 0.3 is 0 Å². The minimum Gasteiger partial charge on any atom is -0.411 e. The third-order valence-corrected chi connectivity index (χ3v) is 1.23. The highest BCUT2D eigenvalue weighted by Crippen LogP contribution is 2.06. The maximum absolute atomic E-state index is 8.11. The molecule has 1 radical (unpaired) electrons. The molecule has 0 atom stereocenters. The highest BCUT2D eigenvalue weighted by molar-refractivity contribution is 6.30. The van der Waals surface area contributed by atoms with Crippen molar-refractivity contribution in [3.8, 4) is 0 Å². The molecule has 1 N–H and O–H groups in total. The molecule has 0 aliphatic rings. The van der Waals surface area contributed by atoms with Crippen molar-refractivity contribution in [2.45, 2.75) is 0 Å². The van der Waals surface area contributed by atoms with Crippen LogP contribution in [0.2, 0.25) is 5.02 Å². The van der Waals surface area contributed by atoms with Gasteiger partial charge in [-0.25, -0.2) is 0 Å². The van der Waals surface area contributed by atoms with Crippen LogP contribution >= 0.6 is 11.6 Å². The molecule has 0 bridgehead atoms. The highest BCUT2D eigenvalue weighted by atomic mass is 35.5. The summed E-state index contributed by atoms with van der Waals surface area (Å²) in [5.74, 6) is 0. The third kappa shape index (κ3) is 1.74. The fourth-order valence-corrected chi connectivity index (χ4v) is 0.678. The van der Waals surface area contributed by atoms with E-state index in [9.17, 15) is 0 Å². The lowest BCUT2D eigenvalue weighted by molar-refractivity contribution is 0.322. The van der Waals surface area contributed by atoms with Crippen LogP contribution in [0.5, 0.6) is 0 Å². The van der Waals surface area contributed by atoms with Gasteiger partial charge < -0.3 is 5.21 Å². The second-order valence-corrected chi connectivity index (χ2v) is 2.14. The van der Waals surface area contributed by atoms with Crippen molar-refractivity contribution in [2.24, 2.45) is 5.16 Å². The van der Waals surface area contributed by atoms with E-state index in [0.717, 1.165) is 0 Å². The second kappa shape index (κ2) is 3.22. The Balaban J connectivity index is 2.89. The van der Waals surface area contributed by atoms with Crippen LogP contribution in [0.4, 0.5) is 0 Å². The Morgan fingerprint density at radius 1 is 1.60 bits per heavy atom. The zero-order valence-electron chi connectivity index (χ0n) is 5.08. The SMILES string of the molecule is ON=Cc1[c]cc(Cl)cc1. The number of benzene rings is 1. The Kier molecular flexibility index (Phi) is 2.29. The average Bonchev–Trinajstić information content (AvgIpc) is 1.95. The number of oxime groups is 1. The van der Waals surface area contributed by atoms with E-state index in [1.165, 1.54) is 6.21 Å². The average molecular weight is 155 g/mol. The minimum absolute atomic E-state index is 0.620. The fraction of sp³-hybridized carbons (Fsp3) is 0. The normalized spacial score (nSPS) is 10.5. The second-order valence-electron chi connectivity index (χ2n) is 1.71. The molecule has 0 amide bonds. The Morgan fingerprint density at radius 3 is 2.90 bits per heavy atom. The summed E-state index contributed by atoms with van der Waals surface area (Å²) in [6, 6.07) is 7.82. The quantitative estimate of drug-likeness (QED) is 0.374. The molecule has 10 heavy (non-hydrogen) atoms. The topological polar surface area (TPSA) is 32.6 Å². The van der Waals surface area contributed by atoms with Crippen molar-refractivity contribution in [2.75, 3.05) is 0 Å². The zero-order valence-corrected chi connectivity index (χ0v) is 5.84. The molecule has 51 valence electrons. The molecule has 3 heteroatoms. The predicted octanol–water partition coefficient (Wildman–Crippen LogP) is 1.95. The molecule has 1 aromatic rings. The zero-order chi connectivity index (χ0) is 7.40. The first-order valence-electron chi connectivity index (χ1n) is 2.67. The standard InChI is InChI=1S/C7H5ClNO/c8-7-3-1-6(2-4-7)5-9-10/h1,3-5,10H. The molecular formula is C7H5ClNO. The number of hydrogen-bond acceptors (Lipinski definition) is 2. The van der Waals surface area contributed by atoms with Gasteiger partial charge in [0.25, 0.3) is 0 Å². The summed E-state index contributed by atoms with van der Waals surface area (Å²) < 4.78 is 0. The van der Waals surface area contributed by atoms with Crippen LogP contribution in [0.15, 0.2) is 23.4 Å². The first kappa shape index (κ1) is 7.09. The first-order chi connectivity index (χ1) is 4.83. The number of rotatable bonds is 1. The van der Waals surface area contributed by atoms with Gasteiger partial charge in [0.15, 0.2) is 0 Å². The van der Waals surface area contributed by atoms with Gasteiger partial charge in [-0.15, -0.1) is 0 Å². The Hall–Kier alpha value is -1.02. The third-order valence-electron chi connectivity index (χ3n) is 0.996. The largest absolute Gasteiger partial charge is 0.411 e. The number of nitrogens with zero attached hydrogens (tertiary/aromatic N) is 1. The summed E-state index contributed by atoms with van der Waals surface area (Å²) in [7, 11) is 0. The van der Waals surface area contributed by atoms with Crippen LogP contribution in [-0.4, -0.2) is 11.4 Å². The molecule has 0 saturated carbocycles. The molecule has 1 aromatic carbocycles. The number of hydrogen-bond donors (Lipinski definition) is 1. The summed E-state index contributed by atoms with van der Waals surface area (Å²) in [5.41, 5.74) is 0.701. The van der Waals surface area contributed by atoms with Gasteiger partial charge in [0.1, 0.15) is 0 Å². The smallest absolute Gasteiger partial charge is 0.0740 e. The van der Waals surface area contributed by atoms with Crippen LogP contribution in [0, 0.1) is 6.07 Å². The van der Waals surface area contributed by atoms with Crippen molar-refractivity contribution in [3.05, 3.63) is 34.9 Å². The molecule has 0 spiro atoms. The van der Waals surface area contributed by atoms with Gasteiger partial charge in [-0.3, -0.25) is 0 Å². The maximum atomic E-state index is 8.11. The lowest BCUT2D eigenvalue weighted by atomic mass is 10.2. The summed E-state index contributed by atoms with van der Waals surface area (Å²) in [6.45, 7) is 0. The van der Waals surface area contributed by atoms with Gasteiger partial charge in [-0.1, -0.05) is 22.8 Å². The summed E-state index contributed by atoms with van der Waals surface area (Å²) in [4.78, 5) is 0. The highest BCUT2D eigenvalue weighted by Gasteiger charge is 1.87. The van der Waals surface area contributed by atoms with Crippen molar-refractivity contribution in [1.82, 2.24) is 0 Å². The van der Waals surface area contributed by atoms with E-state index in [-0.39, 0.29) is 0 Å². The minimum atomic E-state index is 0.620.